The fraction of sp³-hybridized carbons (Fsp3) is 0.650. The van der Waals surface area contributed by atoms with Crippen LogP contribution >= 0.6 is 15.9 Å². The van der Waals surface area contributed by atoms with Gasteiger partial charge in [-0.3, -0.25) is 9.69 Å². The highest BCUT2D eigenvalue weighted by Crippen LogP contribution is 2.28. The molecular formula is C20H30BrNO3. The summed E-state index contributed by atoms with van der Waals surface area (Å²) in [5, 5.41) is 0. The molecule has 0 saturated carbocycles. The van der Waals surface area contributed by atoms with Gasteiger partial charge in [0.05, 0.1) is 19.8 Å². The Kier molecular flexibility index (Phi) is 8.24. The van der Waals surface area contributed by atoms with Crippen molar-refractivity contribution < 1.29 is 14.3 Å². The van der Waals surface area contributed by atoms with Gasteiger partial charge >= 0.3 is 5.97 Å². The lowest BCUT2D eigenvalue weighted by atomic mass is 9.88. The van der Waals surface area contributed by atoms with Gasteiger partial charge in [0.25, 0.3) is 0 Å². The number of nitrogens with zero attached hydrogens (tertiary/aromatic N) is 1. The Labute approximate surface area is 160 Å². The van der Waals surface area contributed by atoms with Gasteiger partial charge in [-0.05, 0) is 70.2 Å². The van der Waals surface area contributed by atoms with Crippen molar-refractivity contribution in [3.63, 3.8) is 0 Å². The smallest absolute Gasteiger partial charge is 0.320 e. The van der Waals surface area contributed by atoms with E-state index in [-0.39, 0.29) is 5.97 Å². The Morgan fingerprint density at radius 1 is 1.36 bits per heavy atom. The summed E-state index contributed by atoms with van der Waals surface area (Å²) in [5.74, 6) is 2.11. The largest absolute Gasteiger partial charge is 0.493 e. The minimum absolute atomic E-state index is 0.105. The van der Waals surface area contributed by atoms with Gasteiger partial charge in [-0.2, -0.15) is 0 Å². The Morgan fingerprint density at radius 2 is 2.08 bits per heavy atom. The highest BCUT2D eigenvalue weighted by Gasteiger charge is 2.23. The number of hydrogen-bond acceptors (Lipinski definition) is 4. The molecule has 0 N–H and O–H groups in total. The van der Waals surface area contributed by atoms with Crippen molar-refractivity contribution in [2.45, 2.75) is 40.0 Å². The second-order valence-electron chi connectivity index (χ2n) is 7.04. The maximum Gasteiger partial charge on any atom is 0.320 e. The molecule has 0 radical (unpaired) electrons. The highest BCUT2D eigenvalue weighted by atomic mass is 79.9. The van der Waals surface area contributed by atoms with E-state index in [0.717, 1.165) is 54.2 Å². The SMILES string of the molecule is CCOC(=O)CN1CCC(C[C@@H](C)COc2cccc(Br)c2C)CC1. The van der Waals surface area contributed by atoms with E-state index in [1.54, 1.807) is 0 Å². The normalized spacial score (nSPS) is 17.3. The van der Waals surface area contributed by atoms with E-state index in [0.29, 0.717) is 19.1 Å². The molecule has 0 aliphatic carbocycles. The van der Waals surface area contributed by atoms with Crippen LogP contribution in [0.3, 0.4) is 0 Å². The van der Waals surface area contributed by atoms with Crippen LogP contribution in [-0.2, 0) is 9.53 Å². The standard InChI is InChI=1S/C20H30BrNO3/c1-4-24-20(23)13-22-10-8-17(9-11-22)12-15(2)14-25-19-7-5-6-18(21)16(19)3/h5-7,15,17H,4,8-14H2,1-3H3/t15-/m1/s1. The molecule has 0 spiro atoms. The molecule has 5 heteroatoms. The molecule has 0 bridgehead atoms. The molecule has 1 fully saturated rings. The van der Waals surface area contributed by atoms with Gasteiger partial charge in [-0.1, -0.05) is 28.9 Å². The molecule has 1 saturated heterocycles. The Bertz CT molecular complexity index is 556. The molecule has 0 amide bonds. The van der Waals surface area contributed by atoms with E-state index >= 15 is 0 Å². The van der Waals surface area contributed by atoms with Crippen LogP contribution in [0.15, 0.2) is 22.7 Å². The van der Waals surface area contributed by atoms with Crippen LogP contribution in [0, 0.1) is 18.8 Å². The first-order valence-corrected chi connectivity index (χ1v) is 10.0. The minimum Gasteiger partial charge on any atom is -0.493 e. The zero-order valence-corrected chi connectivity index (χ0v) is 17.2. The molecular weight excluding hydrogens is 382 g/mol. The molecule has 1 aliphatic rings. The quantitative estimate of drug-likeness (QED) is 0.592. The summed E-state index contributed by atoms with van der Waals surface area (Å²) in [5.41, 5.74) is 1.15. The predicted molar refractivity (Wildman–Crippen MR) is 104 cm³/mol. The van der Waals surface area contributed by atoms with Crippen LogP contribution in [0.1, 0.15) is 38.7 Å². The summed E-state index contributed by atoms with van der Waals surface area (Å²) >= 11 is 3.55. The maximum absolute atomic E-state index is 11.6. The first kappa shape index (κ1) is 20.2. The summed E-state index contributed by atoms with van der Waals surface area (Å²) < 4.78 is 12.1. The number of esters is 1. The lowest BCUT2D eigenvalue weighted by Crippen LogP contribution is -2.38. The van der Waals surface area contributed by atoms with E-state index in [2.05, 4.69) is 34.7 Å². The third kappa shape index (κ3) is 6.63. The first-order valence-electron chi connectivity index (χ1n) is 9.25. The molecule has 1 aromatic carbocycles. The summed E-state index contributed by atoms with van der Waals surface area (Å²) in [7, 11) is 0. The fourth-order valence-corrected chi connectivity index (χ4v) is 3.73. The van der Waals surface area contributed by atoms with Crippen LogP contribution < -0.4 is 4.74 Å². The van der Waals surface area contributed by atoms with E-state index < -0.39 is 0 Å². The number of carbonyl (C=O) groups is 1. The highest BCUT2D eigenvalue weighted by molar-refractivity contribution is 9.10. The van der Waals surface area contributed by atoms with Gasteiger partial charge in [0.2, 0.25) is 0 Å². The lowest BCUT2D eigenvalue weighted by Gasteiger charge is -2.32. The number of benzene rings is 1. The molecule has 0 aromatic heterocycles. The zero-order valence-electron chi connectivity index (χ0n) is 15.6. The van der Waals surface area contributed by atoms with Crippen molar-refractivity contribution in [3.05, 3.63) is 28.2 Å². The summed E-state index contributed by atoms with van der Waals surface area (Å²) in [6, 6.07) is 6.08. The van der Waals surface area contributed by atoms with Crippen molar-refractivity contribution in [1.82, 2.24) is 4.90 Å². The molecule has 0 unspecified atom stereocenters. The minimum atomic E-state index is -0.105. The average Bonchev–Trinajstić information content (AvgIpc) is 2.58. The number of carbonyl (C=O) groups excluding carboxylic acids is 1. The van der Waals surface area contributed by atoms with Crippen molar-refractivity contribution >= 4 is 21.9 Å². The molecule has 1 aliphatic heterocycles. The van der Waals surface area contributed by atoms with Crippen LogP contribution in [-0.4, -0.2) is 43.7 Å². The monoisotopic (exact) mass is 411 g/mol. The summed E-state index contributed by atoms with van der Waals surface area (Å²) in [6.07, 6.45) is 3.49. The first-order chi connectivity index (χ1) is 12.0. The zero-order chi connectivity index (χ0) is 18.2. The van der Waals surface area contributed by atoms with Crippen LogP contribution in [0.2, 0.25) is 0 Å². The number of piperidine rings is 1. The topological polar surface area (TPSA) is 38.8 Å². The van der Waals surface area contributed by atoms with E-state index in [1.807, 2.05) is 25.1 Å². The van der Waals surface area contributed by atoms with Gasteiger partial charge < -0.3 is 9.47 Å². The molecule has 4 nitrogen and oxygen atoms in total. The van der Waals surface area contributed by atoms with Gasteiger partial charge in [-0.25, -0.2) is 0 Å². The van der Waals surface area contributed by atoms with Crippen LogP contribution in [0.25, 0.3) is 0 Å². The maximum atomic E-state index is 11.6. The Hall–Kier alpha value is -1.07. The Morgan fingerprint density at radius 3 is 2.76 bits per heavy atom. The molecule has 1 aromatic rings. The number of rotatable bonds is 8. The van der Waals surface area contributed by atoms with Gasteiger partial charge in [0.15, 0.2) is 0 Å². The van der Waals surface area contributed by atoms with E-state index in [9.17, 15) is 4.79 Å². The number of likely N-dealkylation sites (tertiary alicyclic amines) is 1. The molecule has 1 heterocycles. The average molecular weight is 412 g/mol. The third-order valence-electron chi connectivity index (χ3n) is 4.84. The van der Waals surface area contributed by atoms with Gasteiger partial charge in [0, 0.05) is 10.0 Å². The second kappa shape index (κ2) is 10.2. The third-order valence-corrected chi connectivity index (χ3v) is 5.70. The fourth-order valence-electron chi connectivity index (χ4n) is 3.38. The van der Waals surface area contributed by atoms with Crippen LogP contribution in [0.5, 0.6) is 5.75 Å². The lowest BCUT2D eigenvalue weighted by molar-refractivity contribution is -0.144. The number of halogens is 1. The summed E-state index contributed by atoms with van der Waals surface area (Å²) in [4.78, 5) is 13.8. The van der Waals surface area contributed by atoms with Crippen LogP contribution in [0.4, 0.5) is 0 Å². The van der Waals surface area contributed by atoms with E-state index in [4.69, 9.17) is 9.47 Å². The Balaban J connectivity index is 1.69. The summed E-state index contributed by atoms with van der Waals surface area (Å²) in [6.45, 7) is 9.81. The van der Waals surface area contributed by atoms with Crippen molar-refractivity contribution in [2.24, 2.45) is 11.8 Å². The number of ether oxygens (including phenoxy) is 2. The molecule has 140 valence electrons. The second-order valence-corrected chi connectivity index (χ2v) is 7.89. The van der Waals surface area contributed by atoms with Gasteiger partial charge in [-0.15, -0.1) is 0 Å². The van der Waals surface area contributed by atoms with E-state index in [1.165, 1.54) is 6.42 Å². The predicted octanol–water partition coefficient (Wildman–Crippen LogP) is 4.44. The van der Waals surface area contributed by atoms with Gasteiger partial charge in [0.1, 0.15) is 5.75 Å². The van der Waals surface area contributed by atoms with Crippen molar-refractivity contribution in [1.29, 1.82) is 0 Å². The molecule has 1 atom stereocenters. The van der Waals surface area contributed by atoms with Crippen molar-refractivity contribution in [3.8, 4) is 5.75 Å². The molecule has 25 heavy (non-hydrogen) atoms. The molecule has 2 rings (SSSR count). The number of hydrogen-bond donors (Lipinski definition) is 0. The van der Waals surface area contributed by atoms with Crippen molar-refractivity contribution in [2.75, 3.05) is 32.8 Å².